The Kier molecular flexibility index (Phi) is 4.85. The molecule has 1 aromatic carbocycles. The fourth-order valence-electron chi connectivity index (χ4n) is 1.88. The van der Waals surface area contributed by atoms with E-state index in [2.05, 4.69) is 4.98 Å². The first-order valence-corrected chi connectivity index (χ1v) is 7.50. The quantitative estimate of drug-likeness (QED) is 0.855. The third-order valence-electron chi connectivity index (χ3n) is 2.87. The number of aliphatic carboxylic acids is 1. The van der Waals surface area contributed by atoms with Gasteiger partial charge in [-0.3, -0.25) is 4.79 Å². The zero-order valence-electron chi connectivity index (χ0n) is 11.8. The zero-order chi connectivity index (χ0) is 15.4. The number of nitrogens with zero attached hydrogens (tertiary/aromatic N) is 2. The molecule has 0 radical (unpaired) electrons. The summed E-state index contributed by atoms with van der Waals surface area (Å²) in [7, 11) is 0. The smallest absolute Gasteiger partial charge is 0.420 e. The molecular weight excluding hydrogens is 292 g/mol. The van der Waals surface area contributed by atoms with Crippen molar-refractivity contribution >= 4 is 34.9 Å². The zero-order valence-corrected chi connectivity index (χ0v) is 12.6. The number of rotatable bonds is 5. The number of hydrogen-bond acceptors (Lipinski definition) is 5. The van der Waals surface area contributed by atoms with E-state index in [9.17, 15) is 9.59 Å². The van der Waals surface area contributed by atoms with E-state index in [0.29, 0.717) is 22.6 Å². The number of carbonyl (C=O) groups is 2. The summed E-state index contributed by atoms with van der Waals surface area (Å²) in [5.74, 6) is -0.926. The van der Waals surface area contributed by atoms with Crippen LogP contribution >= 0.6 is 11.8 Å². The highest BCUT2D eigenvalue weighted by molar-refractivity contribution is 8.00. The van der Waals surface area contributed by atoms with Gasteiger partial charge in [-0.05, 0) is 25.5 Å². The predicted molar refractivity (Wildman–Crippen MR) is 79.7 cm³/mol. The fourth-order valence-corrected chi connectivity index (χ4v) is 2.83. The molecule has 6 nitrogen and oxygen atoms in total. The number of imidazole rings is 1. The lowest BCUT2D eigenvalue weighted by atomic mass is 10.3. The monoisotopic (exact) mass is 308 g/mol. The molecule has 2 aromatic rings. The van der Waals surface area contributed by atoms with Crippen LogP contribution in [0.5, 0.6) is 0 Å². The van der Waals surface area contributed by atoms with Gasteiger partial charge in [0.1, 0.15) is 5.25 Å². The summed E-state index contributed by atoms with van der Waals surface area (Å²) in [6, 6.07) is 7.14. The minimum absolute atomic E-state index is 0.242. The first kappa shape index (κ1) is 15.4. The molecule has 0 saturated carbocycles. The van der Waals surface area contributed by atoms with Crippen molar-refractivity contribution in [1.29, 1.82) is 0 Å². The Morgan fingerprint density at radius 3 is 2.71 bits per heavy atom. The van der Waals surface area contributed by atoms with E-state index < -0.39 is 17.3 Å². The lowest BCUT2D eigenvalue weighted by molar-refractivity contribution is -0.136. The highest BCUT2D eigenvalue weighted by Crippen LogP contribution is 2.29. The predicted octanol–water partition coefficient (Wildman–Crippen LogP) is 3.00. The van der Waals surface area contributed by atoms with Crippen molar-refractivity contribution in [3.05, 3.63) is 24.3 Å². The summed E-state index contributed by atoms with van der Waals surface area (Å²) in [5, 5.41) is 8.85. The van der Waals surface area contributed by atoms with Gasteiger partial charge in [-0.15, -0.1) is 0 Å². The van der Waals surface area contributed by atoms with Crippen LogP contribution in [0, 0.1) is 0 Å². The van der Waals surface area contributed by atoms with Crippen molar-refractivity contribution in [1.82, 2.24) is 9.55 Å². The first-order chi connectivity index (χ1) is 10.1. The number of thioether (sulfide) groups is 1. The van der Waals surface area contributed by atoms with Gasteiger partial charge in [-0.2, -0.15) is 0 Å². The second-order valence-electron chi connectivity index (χ2n) is 4.27. The second-order valence-corrected chi connectivity index (χ2v) is 5.44. The van der Waals surface area contributed by atoms with E-state index in [1.165, 1.54) is 4.57 Å². The molecule has 1 unspecified atom stereocenters. The molecule has 1 heterocycles. The molecule has 0 aliphatic carbocycles. The first-order valence-electron chi connectivity index (χ1n) is 6.62. The maximum atomic E-state index is 12.1. The Morgan fingerprint density at radius 2 is 2.10 bits per heavy atom. The van der Waals surface area contributed by atoms with E-state index in [0.717, 1.165) is 11.8 Å². The van der Waals surface area contributed by atoms with Crippen LogP contribution in [0.1, 0.15) is 20.3 Å². The molecule has 0 saturated heterocycles. The maximum Gasteiger partial charge on any atom is 0.420 e. The van der Waals surface area contributed by atoms with Crippen LogP contribution in [-0.2, 0) is 9.53 Å². The molecule has 0 spiro atoms. The van der Waals surface area contributed by atoms with Crippen LogP contribution in [0.15, 0.2) is 29.4 Å². The highest BCUT2D eigenvalue weighted by Gasteiger charge is 2.24. The summed E-state index contributed by atoms with van der Waals surface area (Å²) in [4.78, 5) is 27.7. The summed E-state index contributed by atoms with van der Waals surface area (Å²) in [6.45, 7) is 3.74. The molecule has 1 atom stereocenters. The highest BCUT2D eigenvalue weighted by atomic mass is 32.2. The molecule has 0 aliphatic rings. The molecule has 0 amide bonds. The van der Waals surface area contributed by atoms with Crippen molar-refractivity contribution in [3.8, 4) is 0 Å². The average Bonchev–Trinajstić information content (AvgIpc) is 2.82. The Balaban J connectivity index is 2.48. The molecule has 0 bridgehead atoms. The van der Waals surface area contributed by atoms with Gasteiger partial charge in [-0.25, -0.2) is 14.3 Å². The second kappa shape index (κ2) is 6.62. The third-order valence-corrected chi connectivity index (χ3v) is 4.18. The number of ether oxygens (including phenoxy) is 1. The number of carbonyl (C=O) groups excluding carboxylic acids is 1. The lowest BCUT2D eigenvalue weighted by Gasteiger charge is -2.10. The number of para-hydroxylation sites is 2. The third kappa shape index (κ3) is 3.18. The van der Waals surface area contributed by atoms with Gasteiger partial charge in [0.2, 0.25) is 0 Å². The van der Waals surface area contributed by atoms with Crippen LogP contribution in [0.2, 0.25) is 0 Å². The topological polar surface area (TPSA) is 81.4 Å². The Bertz CT molecular complexity index is 668. The van der Waals surface area contributed by atoms with Crippen molar-refractivity contribution in [2.75, 3.05) is 6.61 Å². The minimum atomic E-state index is -0.926. The number of benzene rings is 1. The molecule has 0 aliphatic heterocycles. The van der Waals surface area contributed by atoms with Gasteiger partial charge in [0.15, 0.2) is 5.16 Å². The molecule has 1 aromatic heterocycles. The Labute approximate surface area is 126 Å². The Hall–Kier alpha value is -2.02. The van der Waals surface area contributed by atoms with E-state index in [1.807, 2.05) is 6.07 Å². The minimum Gasteiger partial charge on any atom is -0.480 e. The number of hydrogen-bond donors (Lipinski definition) is 1. The molecule has 21 heavy (non-hydrogen) atoms. The number of carboxylic acid groups (broad SMARTS) is 1. The van der Waals surface area contributed by atoms with Gasteiger partial charge in [0.25, 0.3) is 0 Å². The van der Waals surface area contributed by atoms with Crippen LogP contribution in [0.3, 0.4) is 0 Å². The van der Waals surface area contributed by atoms with Crippen molar-refractivity contribution in [2.45, 2.75) is 30.7 Å². The summed E-state index contributed by atoms with van der Waals surface area (Å²) in [5.41, 5.74) is 1.24. The van der Waals surface area contributed by atoms with Gasteiger partial charge < -0.3 is 9.84 Å². The molecule has 0 fully saturated rings. The summed E-state index contributed by atoms with van der Waals surface area (Å²) < 4.78 is 6.36. The standard InChI is InChI=1S/C14H16N2O4S/c1-3-11(12(17)18)21-13-15-9-7-5-6-8-10(9)16(13)14(19)20-4-2/h5-8,11H,3-4H2,1-2H3,(H,17,18). The molecule has 2 rings (SSSR count). The SMILES string of the molecule is CCOC(=O)n1c(SC(CC)C(=O)O)nc2ccccc21. The van der Waals surface area contributed by atoms with Crippen LogP contribution in [0.25, 0.3) is 11.0 Å². The van der Waals surface area contributed by atoms with Gasteiger partial charge >= 0.3 is 12.1 Å². The molecule has 112 valence electrons. The molecule has 1 N–H and O–H groups in total. The Morgan fingerprint density at radius 1 is 1.38 bits per heavy atom. The normalized spacial score (nSPS) is 12.3. The van der Waals surface area contributed by atoms with E-state index in [-0.39, 0.29) is 6.61 Å². The summed E-state index contributed by atoms with van der Waals surface area (Å²) >= 11 is 1.05. The maximum absolute atomic E-state index is 12.1. The number of carboxylic acids is 1. The van der Waals surface area contributed by atoms with Crippen LogP contribution < -0.4 is 0 Å². The largest absolute Gasteiger partial charge is 0.480 e. The molecular formula is C14H16N2O4S. The van der Waals surface area contributed by atoms with Gasteiger partial charge in [0.05, 0.1) is 17.6 Å². The van der Waals surface area contributed by atoms with E-state index in [1.54, 1.807) is 32.0 Å². The lowest BCUT2D eigenvalue weighted by Crippen LogP contribution is -2.19. The van der Waals surface area contributed by atoms with Crippen molar-refractivity contribution < 1.29 is 19.4 Å². The van der Waals surface area contributed by atoms with E-state index >= 15 is 0 Å². The summed E-state index contributed by atoms with van der Waals surface area (Å²) in [6.07, 6.45) is -0.111. The average molecular weight is 308 g/mol. The number of aromatic nitrogens is 2. The van der Waals surface area contributed by atoms with Crippen LogP contribution in [-0.4, -0.2) is 38.6 Å². The van der Waals surface area contributed by atoms with Crippen molar-refractivity contribution in [3.63, 3.8) is 0 Å². The van der Waals surface area contributed by atoms with Crippen LogP contribution in [0.4, 0.5) is 4.79 Å². The fraction of sp³-hybridized carbons (Fsp3) is 0.357. The molecule has 7 heteroatoms. The van der Waals surface area contributed by atoms with Gasteiger partial charge in [-0.1, -0.05) is 30.8 Å². The van der Waals surface area contributed by atoms with E-state index in [4.69, 9.17) is 9.84 Å². The number of fused-ring (bicyclic) bond motifs is 1. The van der Waals surface area contributed by atoms with Crippen molar-refractivity contribution in [2.24, 2.45) is 0 Å². The van der Waals surface area contributed by atoms with Gasteiger partial charge in [0, 0.05) is 0 Å².